The lowest BCUT2D eigenvalue weighted by Gasteiger charge is -2.21. The molecule has 0 aliphatic heterocycles. The fourth-order valence-electron chi connectivity index (χ4n) is 1.91. The molecule has 1 unspecified atom stereocenters. The predicted octanol–water partition coefficient (Wildman–Crippen LogP) is 2.64. The van der Waals surface area contributed by atoms with E-state index < -0.39 is 34.5 Å². The molecule has 0 radical (unpaired) electrons. The van der Waals surface area contributed by atoms with Gasteiger partial charge in [0.2, 0.25) is 0 Å². The first-order valence-electron chi connectivity index (χ1n) is 6.43. The number of aryl methyl sites for hydroxylation is 1. The molecule has 1 heterocycles. The third kappa shape index (κ3) is 3.30. The summed E-state index contributed by atoms with van der Waals surface area (Å²) in [6.07, 6.45) is 0. The maximum absolute atomic E-state index is 13.5. The van der Waals surface area contributed by atoms with Gasteiger partial charge in [0, 0.05) is 12.1 Å². The molecule has 7 heteroatoms. The number of rotatable bonds is 4. The van der Waals surface area contributed by atoms with Crippen molar-refractivity contribution in [3.8, 4) is 0 Å². The molecule has 1 aromatic carbocycles. The number of hydrogen-bond donors (Lipinski definition) is 2. The molecule has 0 saturated carbocycles. The minimum atomic E-state index is -1.56. The van der Waals surface area contributed by atoms with Gasteiger partial charge in [-0.2, -0.15) is 0 Å². The van der Waals surface area contributed by atoms with Gasteiger partial charge >= 0.3 is 0 Å². The molecule has 0 saturated heterocycles. The highest BCUT2D eigenvalue weighted by Crippen LogP contribution is 2.22. The number of carbonyl (C=O) groups excluding carboxylic acids is 1. The number of benzene rings is 1. The summed E-state index contributed by atoms with van der Waals surface area (Å²) in [4.78, 5) is 11.8. The average molecular weight is 313 g/mol. The molecule has 1 aromatic heterocycles. The zero-order chi connectivity index (χ0) is 16.5. The van der Waals surface area contributed by atoms with Crippen molar-refractivity contribution in [2.75, 3.05) is 6.54 Å². The number of carbonyl (C=O) groups is 1. The fraction of sp³-hybridized carbons (Fsp3) is 0.267. The summed E-state index contributed by atoms with van der Waals surface area (Å²) in [7, 11) is 0. The number of hydrogen-bond acceptors (Lipinski definition) is 3. The van der Waals surface area contributed by atoms with Gasteiger partial charge in [-0.25, -0.2) is 13.2 Å². The van der Waals surface area contributed by atoms with Crippen LogP contribution in [0.25, 0.3) is 0 Å². The van der Waals surface area contributed by atoms with E-state index >= 15 is 0 Å². The second kappa shape index (κ2) is 5.84. The second-order valence-corrected chi connectivity index (χ2v) is 5.11. The Labute approximate surface area is 124 Å². The summed E-state index contributed by atoms with van der Waals surface area (Å²) in [5.74, 6) is -4.09. The molecule has 0 fully saturated rings. The van der Waals surface area contributed by atoms with Crippen LogP contribution in [0.1, 0.15) is 28.8 Å². The van der Waals surface area contributed by atoms with E-state index in [4.69, 9.17) is 4.42 Å². The van der Waals surface area contributed by atoms with E-state index in [1.165, 1.54) is 13.0 Å². The maximum atomic E-state index is 13.5. The minimum absolute atomic E-state index is 0.199. The van der Waals surface area contributed by atoms with Gasteiger partial charge < -0.3 is 14.8 Å². The zero-order valence-electron chi connectivity index (χ0n) is 11.9. The molecule has 0 aliphatic rings. The Kier molecular flexibility index (Phi) is 4.27. The first-order chi connectivity index (χ1) is 10.2. The van der Waals surface area contributed by atoms with Crippen molar-refractivity contribution in [3.63, 3.8) is 0 Å². The number of furan rings is 1. The average Bonchev–Trinajstić information content (AvgIpc) is 2.83. The standard InChI is InChI=1S/C15H14F3NO3/c1-8-3-4-12(22-8)15(2,21)7-19-14(20)13-10(17)5-9(16)6-11(13)18/h3-6,21H,7H2,1-2H3,(H,19,20). The fourth-order valence-corrected chi connectivity index (χ4v) is 1.91. The molecule has 2 aromatic rings. The van der Waals surface area contributed by atoms with E-state index in [-0.39, 0.29) is 12.3 Å². The van der Waals surface area contributed by atoms with Crippen LogP contribution in [0.4, 0.5) is 13.2 Å². The molecular weight excluding hydrogens is 299 g/mol. The molecule has 0 spiro atoms. The van der Waals surface area contributed by atoms with Crippen LogP contribution >= 0.6 is 0 Å². The van der Waals surface area contributed by atoms with Crippen molar-refractivity contribution in [2.45, 2.75) is 19.4 Å². The van der Waals surface area contributed by atoms with Gasteiger partial charge in [0.05, 0.1) is 6.54 Å². The van der Waals surface area contributed by atoms with Crippen molar-refractivity contribution in [2.24, 2.45) is 0 Å². The molecule has 2 N–H and O–H groups in total. The monoisotopic (exact) mass is 313 g/mol. The molecule has 22 heavy (non-hydrogen) atoms. The van der Waals surface area contributed by atoms with Crippen molar-refractivity contribution in [3.05, 3.63) is 58.8 Å². The van der Waals surface area contributed by atoms with Gasteiger partial charge in [0.1, 0.15) is 40.1 Å². The van der Waals surface area contributed by atoms with Crippen molar-refractivity contribution in [1.82, 2.24) is 5.32 Å². The third-order valence-corrected chi connectivity index (χ3v) is 3.10. The molecule has 0 bridgehead atoms. The van der Waals surface area contributed by atoms with Crippen LogP contribution in [0.15, 0.2) is 28.7 Å². The Bertz CT molecular complexity index is 687. The first-order valence-corrected chi connectivity index (χ1v) is 6.43. The predicted molar refractivity (Wildman–Crippen MR) is 71.7 cm³/mol. The lowest BCUT2D eigenvalue weighted by atomic mass is 10.0. The van der Waals surface area contributed by atoms with Crippen LogP contribution in [-0.4, -0.2) is 17.6 Å². The van der Waals surface area contributed by atoms with E-state index in [9.17, 15) is 23.1 Å². The topological polar surface area (TPSA) is 62.5 Å². The molecule has 1 amide bonds. The van der Waals surface area contributed by atoms with Crippen LogP contribution in [0.2, 0.25) is 0 Å². The number of aliphatic hydroxyl groups is 1. The minimum Gasteiger partial charge on any atom is -0.463 e. The maximum Gasteiger partial charge on any atom is 0.257 e. The Morgan fingerprint density at radius 3 is 2.36 bits per heavy atom. The lowest BCUT2D eigenvalue weighted by Crippen LogP contribution is -2.39. The van der Waals surface area contributed by atoms with Gasteiger partial charge in [0.25, 0.3) is 5.91 Å². The smallest absolute Gasteiger partial charge is 0.257 e. The SMILES string of the molecule is Cc1ccc(C(C)(O)CNC(=O)c2c(F)cc(F)cc2F)o1. The highest BCUT2D eigenvalue weighted by Gasteiger charge is 2.29. The van der Waals surface area contributed by atoms with Crippen molar-refractivity contribution in [1.29, 1.82) is 0 Å². The van der Waals surface area contributed by atoms with Crippen LogP contribution < -0.4 is 5.32 Å². The summed E-state index contributed by atoms with van der Waals surface area (Å²) >= 11 is 0. The number of amides is 1. The van der Waals surface area contributed by atoms with Crippen molar-refractivity contribution < 1.29 is 27.5 Å². The molecule has 1 atom stereocenters. The lowest BCUT2D eigenvalue weighted by molar-refractivity contribution is 0.0322. The molecule has 118 valence electrons. The number of halogens is 3. The van der Waals surface area contributed by atoms with E-state index in [1.807, 2.05) is 0 Å². The Morgan fingerprint density at radius 2 is 1.86 bits per heavy atom. The zero-order valence-corrected chi connectivity index (χ0v) is 11.9. The van der Waals surface area contributed by atoms with Gasteiger partial charge in [0.15, 0.2) is 0 Å². The van der Waals surface area contributed by atoms with Crippen LogP contribution in [-0.2, 0) is 5.60 Å². The highest BCUT2D eigenvalue weighted by molar-refractivity contribution is 5.94. The Hall–Kier alpha value is -2.28. The Balaban J connectivity index is 2.13. The molecule has 0 aliphatic carbocycles. The summed E-state index contributed by atoms with van der Waals surface area (Å²) in [5, 5.41) is 12.4. The van der Waals surface area contributed by atoms with Crippen LogP contribution in [0, 0.1) is 24.4 Å². The Morgan fingerprint density at radius 1 is 1.27 bits per heavy atom. The van der Waals surface area contributed by atoms with Gasteiger partial charge in [-0.1, -0.05) is 0 Å². The largest absolute Gasteiger partial charge is 0.463 e. The van der Waals surface area contributed by atoms with Crippen molar-refractivity contribution >= 4 is 5.91 Å². The highest BCUT2D eigenvalue weighted by atomic mass is 19.1. The van der Waals surface area contributed by atoms with Crippen LogP contribution in [0.3, 0.4) is 0 Å². The van der Waals surface area contributed by atoms with E-state index in [2.05, 4.69) is 5.32 Å². The molecule has 4 nitrogen and oxygen atoms in total. The van der Waals surface area contributed by atoms with E-state index in [1.54, 1.807) is 13.0 Å². The normalized spacial score (nSPS) is 13.7. The quantitative estimate of drug-likeness (QED) is 0.912. The van der Waals surface area contributed by atoms with Gasteiger partial charge in [-0.3, -0.25) is 4.79 Å². The van der Waals surface area contributed by atoms with E-state index in [0.717, 1.165) is 0 Å². The summed E-state index contributed by atoms with van der Waals surface area (Å²) < 4.78 is 45.0. The molecular formula is C15H14F3NO3. The van der Waals surface area contributed by atoms with E-state index in [0.29, 0.717) is 17.9 Å². The summed E-state index contributed by atoms with van der Waals surface area (Å²) in [5.41, 5.74) is -2.47. The summed E-state index contributed by atoms with van der Waals surface area (Å²) in [6, 6.07) is 3.98. The molecule has 2 rings (SSSR count). The van der Waals surface area contributed by atoms with Crippen LogP contribution in [0.5, 0.6) is 0 Å². The first kappa shape index (κ1) is 16.1. The summed E-state index contributed by atoms with van der Waals surface area (Å²) in [6.45, 7) is 2.72. The second-order valence-electron chi connectivity index (χ2n) is 5.11. The third-order valence-electron chi connectivity index (χ3n) is 3.10. The van der Waals surface area contributed by atoms with Gasteiger partial charge in [-0.15, -0.1) is 0 Å². The number of nitrogens with one attached hydrogen (secondary N) is 1. The van der Waals surface area contributed by atoms with Gasteiger partial charge in [-0.05, 0) is 26.0 Å².